The third kappa shape index (κ3) is 8.91. The Balaban J connectivity index is 0.000000381. The number of carboxylic acids is 2. The van der Waals surface area contributed by atoms with Crippen LogP contribution in [0.4, 0.5) is 0 Å². The number of rotatable bonds is 8. The van der Waals surface area contributed by atoms with E-state index in [2.05, 4.69) is 13.8 Å². The number of unbranched alkanes of at least 4 members (excludes halogenated alkanes) is 2. The van der Waals surface area contributed by atoms with E-state index in [-0.39, 0.29) is 125 Å². The molecule has 0 atom stereocenters. The molecule has 0 aliphatic rings. The fourth-order valence-electron chi connectivity index (χ4n) is 4.24. The Labute approximate surface area is 317 Å². The Hall–Kier alpha value is -1.19. The number of fused-ring (bicyclic) bond motifs is 2. The number of phenolic OH excluding ortho intramolecular Hbond substituents is 2. The number of carbonyl (C=O) groups is 2. The van der Waals surface area contributed by atoms with Gasteiger partial charge in [0.2, 0.25) is 0 Å². The molecule has 4 rings (SSSR count). The number of aryl methyl sites for hydroxylation is 2. The number of hydrogen-bond donors (Lipinski definition) is 4. The van der Waals surface area contributed by atoms with Crippen molar-refractivity contribution in [2.45, 2.75) is 52.4 Å². The van der Waals surface area contributed by atoms with Gasteiger partial charge in [-0.3, -0.25) is 0 Å². The minimum atomic E-state index is -1.32. The van der Waals surface area contributed by atoms with Crippen LogP contribution in [0.15, 0.2) is 48.5 Å². The van der Waals surface area contributed by atoms with Crippen molar-refractivity contribution < 1.29 is 143 Å². The van der Waals surface area contributed by atoms with Gasteiger partial charge in [-0.2, -0.15) is 0 Å². The van der Waals surface area contributed by atoms with Crippen molar-refractivity contribution in [3.05, 3.63) is 70.8 Å². The summed E-state index contributed by atoms with van der Waals surface area (Å²) < 4.78 is 0. The zero-order valence-electron chi connectivity index (χ0n) is 23.3. The average Bonchev–Trinajstić information content (AvgIpc) is 2.90. The molecule has 0 heterocycles. The first-order valence-corrected chi connectivity index (χ1v) is 12.5. The molecule has 0 aliphatic heterocycles. The van der Waals surface area contributed by atoms with Crippen molar-refractivity contribution in [3.8, 4) is 23.0 Å². The standard InChI is InChI=1S/2C15H16O4.2K/c2*1-2-3-4-9-5-6-10-11(7-9)13(16)8-12(14(10)17)15(18)19;;/h2*5-8,16-17H,2-4H2,1H3,(H,18,19);;/q;;2*+1/p-2. The maximum Gasteiger partial charge on any atom is 1.00 e. The van der Waals surface area contributed by atoms with Crippen molar-refractivity contribution in [2.24, 2.45) is 0 Å². The first-order valence-electron chi connectivity index (χ1n) is 12.5. The minimum absolute atomic E-state index is 0. The van der Waals surface area contributed by atoms with Crippen molar-refractivity contribution in [1.82, 2.24) is 0 Å². The van der Waals surface area contributed by atoms with E-state index in [0.29, 0.717) is 10.8 Å². The fourth-order valence-corrected chi connectivity index (χ4v) is 4.24. The first kappa shape index (κ1) is 36.8. The van der Waals surface area contributed by atoms with E-state index in [0.717, 1.165) is 61.8 Å². The summed E-state index contributed by atoms with van der Waals surface area (Å²) in [5, 5.41) is 62.8. The van der Waals surface area contributed by atoms with Crippen LogP contribution in [0.3, 0.4) is 0 Å². The van der Waals surface area contributed by atoms with E-state index in [1.54, 1.807) is 24.3 Å². The molecule has 0 saturated carbocycles. The molecule has 0 aliphatic carbocycles. The van der Waals surface area contributed by atoms with E-state index < -0.39 is 34.6 Å². The quantitative estimate of drug-likeness (QED) is 0.195. The van der Waals surface area contributed by atoms with Crippen molar-refractivity contribution in [2.75, 3.05) is 0 Å². The van der Waals surface area contributed by atoms with Gasteiger partial charge >= 0.3 is 115 Å². The SMILES string of the molecule is CCCCc1ccc2c([O-])c(C(=O)O)cc(O)c2c1.CCCCc1ccc2c([O-])c(C(=O)O)cc(O)c2c1.[K+].[K+]. The van der Waals surface area contributed by atoms with Gasteiger partial charge in [-0.25, -0.2) is 9.59 Å². The van der Waals surface area contributed by atoms with Crippen LogP contribution in [0.2, 0.25) is 0 Å². The van der Waals surface area contributed by atoms with Crippen LogP contribution in [0, 0.1) is 0 Å². The summed E-state index contributed by atoms with van der Waals surface area (Å²) in [6.07, 6.45) is 5.94. The molecule has 0 spiro atoms. The zero-order chi connectivity index (χ0) is 28.0. The van der Waals surface area contributed by atoms with Gasteiger partial charge in [0.1, 0.15) is 11.5 Å². The van der Waals surface area contributed by atoms with E-state index in [1.807, 2.05) is 12.1 Å². The number of benzene rings is 4. The van der Waals surface area contributed by atoms with Gasteiger partial charge in [0.25, 0.3) is 0 Å². The van der Waals surface area contributed by atoms with E-state index in [1.165, 1.54) is 0 Å². The molecule has 8 nitrogen and oxygen atoms in total. The monoisotopic (exact) mass is 596 g/mol. The predicted molar refractivity (Wildman–Crippen MR) is 141 cm³/mol. The maximum atomic E-state index is 12.0. The van der Waals surface area contributed by atoms with E-state index >= 15 is 0 Å². The van der Waals surface area contributed by atoms with Crippen LogP contribution in [0.1, 0.15) is 71.4 Å². The van der Waals surface area contributed by atoms with Crippen molar-refractivity contribution in [3.63, 3.8) is 0 Å². The van der Waals surface area contributed by atoms with Crippen molar-refractivity contribution >= 4 is 33.5 Å². The van der Waals surface area contributed by atoms with Gasteiger partial charge in [0.05, 0.1) is 11.1 Å². The Morgan fingerprint density at radius 2 is 0.975 bits per heavy atom. The van der Waals surface area contributed by atoms with Gasteiger partial charge in [0, 0.05) is 10.8 Å². The summed E-state index contributed by atoms with van der Waals surface area (Å²) in [6, 6.07) is 12.4. The van der Waals surface area contributed by atoms with Crippen LogP contribution in [-0.2, 0) is 12.8 Å². The van der Waals surface area contributed by atoms with Gasteiger partial charge < -0.3 is 30.6 Å². The molecule has 200 valence electrons. The Kier molecular flexibility index (Phi) is 15.7. The number of hydrogen-bond acceptors (Lipinski definition) is 6. The van der Waals surface area contributed by atoms with E-state index in [4.69, 9.17) is 10.2 Å². The number of aromatic carboxylic acids is 2. The van der Waals surface area contributed by atoms with Crippen LogP contribution >= 0.6 is 0 Å². The smallest absolute Gasteiger partial charge is 0.871 e. The first-order chi connectivity index (χ1) is 18.1. The predicted octanol–water partition coefficient (Wildman–Crippen LogP) is -0.672. The number of phenols is 2. The van der Waals surface area contributed by atoms with Crippen LogP contribution in [0.25, 0.3) is 21.5 Å². The molecular formula is C30H30K2O8. The third-order valence-electron chi connectivity index (χ3n) is 6.36. The average molecular weight is 597 g/mol. The van der Waals surface area contributed by atoms with Crippen molar-refractivity contribution in [1.29, 1.82) is 0 Å². The second-order valence-electron chi connectivity index (χ2n) is 9.12. The Bertz CT molecular complexity index is 1390. The van der Waals surface area contributed by atoms with Crippen LogP contribution < -0.4 is 113 Å². The molecule has 0 bridgehead atoms. The molecule has 0 unspecified atom stereocenters. The summed E-state index contributed by atoms with van der Waals surface area (Å²) in [5.41, 5.74) is 1.27. The topological polar surface area (TPSA) is 161 Å². The van der Waals surface area contributed by atoms with Gasteiger partial charge in [-0.15, -0.1) is 0 Å². The second-order valence-corrected chi connectivity index (χ2v) is 9.12. The van der Waals surface area contributed by atoms with Gasteiger partial charge in [-0.1, -0.05) is 62.5 Å². The molecule has 0 fully saturated rings. The third-order valence-corrected chi connectivity index (χ3v) is 6.36. The van der Waals surface area contributed by atoms with Crippen LogP contribution in [-0.4, -0.2) is 32.4 Å². The number of carboxylic acid groups (broad SMARTS) is 2. The zero-order valence-corrected chi connectivity index (χ0v) is 29.5. The fraction of sp³-hybridized carbons (Fsp3) is 0.267. The summed E-state index contributed by atoms with van der Waals surface area (Å²) in [4.78, 5) is 21.8. The van der Waals surface area contributed by atoms with Gasteiger partial charge in [-0.05, 0) is 71.8 Å². The number of aromatic hydroxyl groups is 2. The molecule has 40 heavy (non-hydrogen) atoms. The Morgan fingerprint density at radius 3 is 1.27 bits per heavy atom. The molecule has 10 heteroatoms. The van der Waals surface area contributed by atoms with E-state index in [9.17, 15) is 30.0 Å². The van der Waals surface area contributed by atoms with Crippen LogP contribution in [0.5, 0.6) is 23.0 Å². The molecule has 0 saturated heterocycles. The molecule has 0 amide bonds. The molecule has 4 aromatic rings. The molecule has 4 N–H and O–H groups in total. The minimum Gasteiger partial charge on any atom is -0.871 e. The largest absolute Gasteiger partial charge is 1.00 e. The normalized spacial score (nSPS) is 10.2. The van der Waals surface area contributed by atoms with Gasteiger partial charge in [0.15, 0.2) is 0 Å². The summed E-state index contributed by atoms with van der Waals surface area (Å²) in [6.45, 7) is 4.18. The molecule has 4 aromatic carbocycles. The summed E-state index contributed by atoms with van der Waals surface area (Å²) in [5.74, 6) is -4.07. The Morgan fingerprint density at radius 1 is 0.625 bits per heavy atom. The maximum absolute atomic E-state index is 12.0. The second kappa shape index (κ2) is 17.1. The molecular weight excluding hydrogens is 567 g/mol. The molecule has 0 aromatic heterocycles. The summed E-state index contributed by atoms with van der Waals surface area (Å²) in [7, 11) is 0. The molecule has 0 radical (unpaired) electrons. The summed E-state index contributed by atoms with van der Waals surface area (Å²) >= 11 is 0.